The average molecular weight is 255 g/mol. The van der Waals surface area contributed by atoms with Crippen molar-refractivity contribution < 1.29 is 14.7 Å². The highest BCUT2D eigenvalue weighted by molar-refractivity contribution is 5.80. The lowest BCUT2D eigenvalue weighted by molar-refractivity contribution is -0.137. The van der Waals surface area contributed by atoms with Gasteiger partial charge in [0.2, 0.25) is 0 Å². The highest BCUT2D eigenvalue weighted by Gasteiger charge is 2.33. The first kappa shape index (κ1) is 13.1. The van der Waals surface area contributed by atoms with Gasteiger partial charge in [-0.1, -0.05) is 0 Å². The van der Waals surface area contributed by atoms with Crippen molar-refractivity contribution in [2.24, 2.45) is 0 Å². The lowest BCUT2D eigenvalue weighted by Crippen LogP contribution is -2.44. The van der Waals surface area contributed by atoms with E-state index in [0.717, 1.165) is 25.8 Å². The first-order valence-corrected chi connectivity index (χ1v) is 6.66. The van der Waals surface area contributed by atoms with Crippen LogP contribution in [0.1, 0.15) is 32.1 Å². The maximum atomic E-state index is 11.8. The Hall–Kier alpha value is -1.30. The van der Waals surface area contributed by atoms with E-state index in [-0.39, 0.29) is 18.6 Å². The molecule has 2 fully saturated rings. The fraction of sp³-hybridized carbons (Fsp3) is 0.833. The molecule has 0 spiro atoms. The molecule has 6 heteroatoms. The Kier molecular flexibility index (Phi) is 4.41. The van der Waals surface area contributed by atoms with Crippen LogP contribution in [0.15, 0.2) is 0 Å². The van der Waals surface area contributed by atoms with Crippen LogP contribution in [0.5, 0.6) is 0 Å². The Bertz CT molecular complexity index is 314. The predicted octanol–water partition coefficient (Wildman–Crippen LogP) is 0.387. The minimum Gasteiger partial charge on any atom is -0.480 e. The van der Waals surface area contributed by atoms with Gasteiger partial charge in [0, 0.05) is 18.6 Å². The van der Waals surface area contributed by atoms with Crippen molar-refractivity contribution in [2.75, 3.05) is 19.6 Å². The lowest BCUT2D eigenvalue weighted by Gasteiger charge is -2.20. The summed E-state index contributed by atoms with van der Waals surface area (Å²) in [5, 5.41) is 14.9. The Morgan fingerprint density at radius 2 is 1.89 bits per heavy atom. The van der Waals surface area contributed by atoms with Crippen LogP contribution in [0.2, 0.25) is 0 Å². The molecule has 2 aliphatic carbocycles. The number of nitrogens with one attached hydrogen (secondary N) is 2. The van der Waals surface area contributed by atoms with Gasteiger partial charge in [0.15, 0.2) is 0 Å². The summed E-state index contributed by atoms with van der Waals surface area (Å²) < 4.78 is 0. The van der Waals surface area contributed by atoms with Crippen molar-refractivity contribution in [3.8, 4) is 0 Å². The molecule has 2 amide bonds. The molecule has 0 saturated heterocycles. The normalized spacial score (nSPS) is 18.4. The second kappa shape index (κ2) is 6.04. The average Bonchev–Trinajstić information content (AvgIpc) is 3.16. The van der Waals surface area contributed by atoms with Crippen molar-refractivity contribution >= 4 is 12.0 Å². The quantitative estimate of drug-likeness (QED) is 0.548. The molecule has 0 bridgehead atoms. The number of carboxylic acids is 1. The van der Waals surface area contributed by atoms with E-state index in [1.807, 2.05) is 0 Å². The number of carboxylic acid groups (broad SMARTS) is 1. The van der Waals surface area contributed by atoms with Crippen LogP contribution in [-0.4, -0.2) is 53.7 Å². The van der Waals surface area contributed by atoms with Crippen LogP contribution < -0.4 is 10.6 Å². The number of aliphatic carboxylic acids is 1. The highest BCUT2D eigenvalue weighted by Crippen LogP contribution is 2.26. The van der Waals surface area contributed by atoms with Gasteiger partial charge < -0.3 is 20.6 Å². The molecule has 6 nitrogen and oxygen atoms in total. The molecular formula is C12H21N3O3. The van der Waals surface area contributed by atoms with Crippen molar-refractivity contribution in [1.29, 1.82) is 0 Å². The third kappa shape index (κ3) is 4.52. The second-order valence-corrected chi connectivity index (χ2v) is 5.07. The number of hydrogen-bond donors (Lipinski definition) is 3. The van der Waals surface area contributed by atoms with Crippen LogP contribution in [-0.2, 0) is 4.79 Å². The van der Waals surface area contributed by atoms with E-state index in [0.29, 0.717) is 12.6 Å². The molecule has 0 atom stereocenters. The largest absolute Gasteiger partial charge is 0.480 e. The van der Waals surface area contributed by atoms with Crippen molar-refractivity contribution in [3.05, 3.63) is 0 Å². The molecule has 2 rings (SSSR count). The monoisotopic (exact) mass is 255 g/mol. The molecule has 0 radical (unpaired) electrons. The van der Waals surface area contributed by atoms with Gasteiger partial charge in [-0.25, -0.2) is 4.79 Å². The van der Waals surface area contributed by atoms with Gasteiger partial charge in [-0.3, -0.25) is 4.79 Å². The molecule has 18 heavy (non-hydrogen) atoms. The van der Waals surface area contributed by atoms with E-state index < -0.39 is 5.97 Å². The van der Waals surface area contributed by atoms with Gasteiger partial charge >= 0.3 is 12.0 Å². The highest BCUT2D eigenvalue weighted by atomic mass is 16.4. The van der Waals surface area contributed by atoms with Crippen molar-refractivity contribution in [3.63, 3.8) is 0 Å². The number of carbonyl (C=O) groups is 2. The summed E-state index contributed by atoms with van der Waals surface area (Å²) in [6.07, 6.45) is 5.25. The fourth-order valence-corrected chi connectivity index (χ4v) is 1.88. The zero-order valence-corrected chi connectivity index (χ0v) is 10.5. The van der Waals surface area contributed by atoms with E-state index in [1.165, 1.54) is 17.7 Å². The Labute approximate surface area is 107 Å². The van der Waals surface area contributed by atoms with E-state index >= 15 is 0 Å². The second-order valence-electron chi connectivity index (χ2n) is 5.07. The third-order valence-corrected chi connectivity index (χ3v) is 3.19. The molecular weight excluding hydrogens is 234 g/mol. The number of hydrogen-bond acceptors (Lipinski definition) is 3. The van der Waals surface area contributed by atoms with E-state index in [4.69, 9.17) is 5.11 Å². The molecule has 3 N–H and O–H groups in total. The van der Waals surface area contributed by atoms with Gasteiger partial charge in [-0.05, 0) is 38.6 Å². The molecule has 0 aromatic rings. The number of nitrogens with zero attached hydrogens (tertiary/aromatic N) is 1. The van der Waals surface area contributed by atoms with Crippen molar-refractivity contribution in [1.82, 2.24) is 15.5 Å². The molecule has 0 aliphatic heterocycles. The van der Waals surface area contributed by atoms with Gasteiger partial charge in [0.05, 0.1) is 0 Å². The zero-order chi connectivity index (χ0) is 13.0. The molecule has 2 saturated carbocycles. The molecule has 0 aromatic heterocycles. The Morgan fingerprint density at radius 1 is 1.17 bits per heavy atom. The van der Waals surface area contributed by atoms with Gasteiger partial charge in [0.25, 0.3) is 0 Å². The number of rotatable bonds is 8. The SMILES string of the molecule is O=C(O)CN(C(=O)NCCCNC1CC1)C1CC1. The van der Waals surface area contributed by atoms with Crippen LogP contribution in [0, 0.1) is 0 Å². The minimum absolute atomic E-state index is 0.130. The van der Waals surface area contributed by atoms with Crippen LogP contribution in [0.4, 0.5) is 4.79 Å². The fourth-order valence-electron chi connectivity index (χ4n) is 1.88. The Morgan fingerprint density at radius 3 is 2.44 bits per heavy atom. The third-order valence-electron chi connectivity index (χ3n) is 3.19. The summed E-state index contributed by atoms with van der Waals surface area (Å²) in [4.78, 5) is 23.9. The van der Waals surface area contributed by atoms with Gasteiger partial charge in [-0.15, -0.1) is 0 Å². The van der Waals surface area contributed by atoms with Crippen LogP contribution in [0.25, 0.3) is 0 Å². The summed E-state index contributed by atoms with van der Waals surface area (Å²) >= 11 is 0. The summed E-state index contributed by atoms with van der Waals surface area (Å²) in [5.41, 5.74) is 0. The maximum Gasteiger partial charge on any atom is 0.323 e. The standard InChI is InChI=1S/C12H21N3O3/c16-11(17)8-15(10-4-5-10)12(18)14-7-1-6-13-9-2-3-9/h9-10,13H,1-8H2,(H,14,18)(H,16,17). The summed E-state index contributed by atoms with van der Waals surface area (Å²) in [6, 6.07) is 0.577. The Balaban J connectivity index is 1.59. The summed E-state index contributed by atoms with van der Waals surface area (Å²) in [7, 11) is 0. The summed E-state index contributed by atoms with van der Waals surface area (Å²) in [6.45, 7) is 1.31. The minimum atomic E-state index is -0.951. The topological polar surface area (TPSA) is 81.7 Å². The number of carbonyl (C=O) groups excluding carboxylic acids is 1. The molecule has 0 heterocycles. The first-order valence-electron chi connectivity index (χ1n) is 6.66. The molecule has 2 aliphatic rings. The maximum absolute atomic E-state index is 11.8. The van der Waals surface area contributed by atoms with Gasteiger partial charge in [0.1, 0.15) is 6.54 Å². The van der Waals surface area contributed by atoms with Crippen LogP contribution >= 0.6 is 0 Å². The smallest absolute Gasteiger partial charge is 0.323 e. The van der Waals surface area contributed by atoms with E-state index in [2.05, 4.69) is 10.6 Å². The number of amides is 2. The van der Waals surface area contributed by atoms with Crippen molar-refractivity contribution in [2.45, 2.75) is 44.2 Å². The predicted molar refractivity (Wildman–Crippen MR) is 66.4 cm³/mol. The van der Waals surface area contributed by atoms with Crippen LogP contribution in [0.3, 0.4) is 0 Å². The molecule has 0 unspecified atom stereocenters. The van der Waals surface area contributed by atoms with E-state index in [1.54, 1.807) is 0 Å². The zero-order valence-electron chi connectivity index (χ0n) is 10.5. The van der Waals surface area contributed by atoms with Gasteiger partial charge in [-0.2, -0.15) is 0 Å². The lowest BCUT2D eigenvalue weighted by atomic mass is 10.4. The number of urea groups is 1. The summed E-state index contributed by atoms with van der Waals surface area (Å²) in [5.74, 6) is -0.951. The van der Waals surface area contributed by atoms with E-state index in [9.17, 15) is 9.59 Å². The molecule has 0 aromatic carbocycles. The first-order chi connectivity index (χ1) is 8.66. The molecule has 102 valence electrons.